The fourth-order valence-corrected chi connectivity index (χ4v) is 2.24. The largest absolute Gasteiger partial charge is 0.453 e. The molecule has 1 aromatic rings. The average Bonchev–Trinajstić information content (AvgIpc) is 2.86. The molecular weight excluding hydrogens is 262 g/mol. The first-order chi connectivity index (χ1) is 9.67. The van der Waals surface area contributed by atoms with Gasteiger partial charge in [-0.2, -0.15) is 9.90 Å². The molecule has 0 spiro atoms. The zero-order valence-corrected chi connectivity index (χ0v) is 11.5. The first kappa shape index (κ1) is 14.3. The summed E-state index contributed by atoms with van der Waals surface area (Å²) in [7, 11) is 1.26. The van der Waals surface area contributed by atoms with Crippen molar-refractivity contribution < 1.29 is 14.3 Å². The summed E-state index contributed by atoms with van der Waals surface area (Å²) < 4.78 is 4.44. The van der Waals surface area contributed by atoms with Crippen molar-refractivity contribution in [2.45, 2.75) is 44.7 Å². The number of amides is 2. The standard InChI is InChI=1S/C12H19N5O3/c1-20-12(19)15-10-7-13-17(16-10)8-11(18)14-9-5-3-2-4-6-9/h7,9H,2-6,8H2,1H3,(H,14,18)(H,15,16,19). The molecule has 1 aliphatic rings. The van der Waals surface area contributed by atoms with Crippen molar-refractivity contribution in [3.63, 3.8) is 0 Å². The van der Waals surface area contributed by atoms with E-state index in [1.807, 2.05) is 0 Å². The van der Waals surface area contributed by atoms with Crippen LogP contribution in [0.5, 0.6) is 0 Å². The van der Waals surface area contributed by atoms with Crippen LogP contribution in [-0.2, 0) is 16.1 Å². The Morgan fingerprint density at radius 3 is 2.85 bits per heavy atom. The molecule has 0 radical (unpaired) electrons. The number of aromatic nitrogens is 3. The molecule has 0 atom stereocenters. The number of hydrogen-bond acceptors (Lipinski definition) is 5. The van der Waals surface area contributed by atoms with Gasteiger partial charge < -0.3 is 10.1 Å². The Morgan fingerprint density at radius 1 is 1.40 bits per heavy atom. The van der Waals surface area contributed by atoms with E-state index in [-0.39, 0.29) is 24.3 Å². The molecule has 2 N–H and O–H groups in total. The third-order valence-corrected chi connectivity index (χ3v) is 3.21. The van der Waals surface area contributed by atoms with Gasteiger partial charge in [0.1, 0.15) is 6.54 Å². The Bertz CT molecular complexity index is 467. The number of anilines is 1. The summed E-state index contributed by atoms with van der Waals surface area (Å²) in [5.74, 6) is 0.138. The minimum atomic E-state index is -0.622. The Labute approximate surface area is 116 Å². The molecule has 8 nitrogen and oxygen atoms in total. The van der Waals surface area contributed by atoms with Gasteiger partial charge >= 0.3 is 6.09 Å². The second-order valence-electron chi connectivity index (χ2n) is 4.78. The van der Waals surface area contributed by atoms with Crippen LogP contribution in [0.3, 0.4) is 0 Å². The van der Waals surface area contributed by atoms with Gasteiger partial charge in [0.25, 0.3) is 0 Å². The zero-order chi connectivity index (χ0) is 14.4. The fourth-order valence-electron chi connectivity index (χ4n) is 2.24. The number of nitrogens with zero attached hydrogens (tertiary/aromatic N) is 3. The minimum absolute atomic E-state index is 0.0410. The van der Waals surface area contributed by atoms with Gasteiger partial charge in [-0.1, -0.05) is 19.3 Å². The first-order valence-electron chi connectivity index (χ1n) is 6.72. The molecule has 0 aromatic carbocycles. The molecule has 0 aliphatic heterocycles. The normalized spacial score (nSPS) is 15.7. The lowest BCUT2D eigenvalue weighted by Crippen LogP contribution is -2.38. The fraction of sp³-hybridized carbons (Fsp3) is 0.667. The van der Waals surface area contributed by atoms with E-state index in [0.717, 1.165) is 25.7 Å². The third kappa shape index (κ3) is 4.22. The van der Waals surface area contributed by atoms with E-state index < -0.39 is 6.09 Å². The molecule has 1 heterocycles. The highest BCUT2D eigenvalue weighted by molar-refractivity contribution is 5.82. The summed E-state index contributed by atoms with van der Waals surface area (Å²) in [5, 5.41) is 13.2. The van der Waals surface area contributed by atoms with Crippen LogP contribution in [0.15, 0.2) is 6.20 Å². The van der Waals surface area contributed by atoms with Crippen molar-refractivity contribution in [1.82, 2.24) is 20.3 Å². The maximum Gasteiger partial charge on any atom is 0.412 e. The highest BCUT2D eigenvalue weighted by Gasteiger charge is 2.16. The van der Waals surface area contributed by atoms with Crippen LogP contribution in [0, 0.1) is 0 Å². The lowest BCUT2D eigenvalue weighted by Gasteiger charge is -2.22. The monoisotopic (exact) mass is 281 g/mol. The number of ether oxygens (including phenoxy) is 1. The quantitative estimate of drug-likeness (QED) is 0.854. The van der Waals surface area contributed by atoms with Gasteiger partial charge in [0.2, 0.25) is 5.91 Å². The number of carbonyl (C=O) groups excluding carboxylic acids is 2. The van der Waals surface area contributed by atoms with Gasteiger partial charge in [0, 0.05) is 6.04 Å². The molecule has 0 unspecified atom stereocenters. The van der Waals surface area contributed by atoms with Gasteiger partial charge in [-0.25, -0.2) is 4.79 Å². The highest BCUT2D eigenvalue weighted by Crippen LogP contribution is 2.17. The predicted molar refractivity (Wildman–Crippen MR) is 71.1 cm³/mol. The summed E-state index contributed by atoms with van der Waals surface area (Å²) in [5.41, 5.74) is 0. The van der Waals surface area contributed by atoms with E-state index in [4.69, 9.17) is 0 Å². The first-order valence-corrected chi connectivity index (χ1v) is 6.72. The van der Waals surface area contributed by atoms with Crippen LogP contribution in [0.2, 0.25) is 0 Å². The molecule has 1 aromatic heterocycles. The molecule has 0 saturated heterocycles. The average molecular weight is 281 g/mol. The molecular formula is C12H19N5O3. The summed E-state index contributed by atoms with van der Waals surface area (Å²) in [6, 6.07) is 0.263. The van der Waals surface area contributed by atoms with Gasteiger partial charge in [0.05, 0.1) is 13.3 Å². The topological polar surface area (TPSA) is 98.1 Å². The molecule has 2 rings (SSSR count). The Hall–Kier alpha value is -2.12. The second kappa shape index (κ2) is 6.88. The number of methoxy groups -OCH3 is 1. The Kier molecular flexibility index (Phi) is 4.91. The van der Waals surface area contributed by atoms with Gasteiger partial charge in [-0.3, -0.25) is 10.1 Å². The maximum atomic E-state index is 11.8. The van der Waals surface area contributed by atoms with Crippen LogP contribution in [0.4, 0.5) is 10.6 Å². The van der Waals surface area contributed by atoms with Crippen molar-refractivity contribution >= 4 is 17.8 Å². The molecule has 2 amide bonds. The van der Waals surface area contributed by atoms with E-state index in [2.05, 4.69) is 25.6 Å². The lowest BCUT2D eigenvalue weighted by molar-refractivity contribution is -0.123. The van der Waals surface area contributed by atoms with Crippen LogP contribution in [0.25, 0.3) is 0 Å². The van der Waals surface area contributed by atoms with Gasteiger partial charge in [-0.15, -0.1) is 5.10 Å². The highest BCUT2D eigenvalue weighted by atomic mass is 16.5. The van der Waals surface area contributed by atoms with Crippen molar-refractivity contribution in [1.29, 1.82) is 0 Å². The summed E-state index contributed by atoms with van der Waals surface area (Å²) in [6.45, 7) is 0.0410. The van der Waals surface area contributed by atoms with Crippen LogP contribution in [0.1, 0.15) is 32.1 Å². The Balaban J connectivity index is 1.80. The van der Waals surface area contributed by atoms with Crippen molar-refractivity contribution in [3.8, 4) is 0 Å². The second-order valence-corrected chi connectivity index (χ2v) is 4.78. The van der Waals surface area contributed by atoms with Crippen LogP contribution >= 0.6 is 0 Å². The summed E-state index contributed by atoms with van der Waals surface area (Å²) in [4.78, 5) is 24.1. The minimum Gasteiger partial charge on any atom is -0.453 e. The molecule has 1 fully saturated rings. The maximum absolute atomic E-state index is 11.8. The van der Waals surface area contributed by atoms with E-state index in [1.54, 1.807) is 0 Å². The van der Waals surface area contributed by atoms with Crippen LogP contribution in [-0.4, -0.2) is 40.1 Å². The Morgan fingerprint density at radius 2 is 2.15 bits per heavy atom. The van der Waals surface area contributed by atoms with Gasteiger partial charge in [0.15, 0.2) is 5.82 Å². The van der Waals surface area contributed by atoms with E-state index >= 15 is 0 Å². The number of nitrogens with one attached hydrogen (secondary N) is 2. The molecule has 0 bridgehead atoms. The summed E-state index contributed by atoms with van der Waals surface area (Å²) in [6.07, 6.45) is 6.39. The van der Waals surface area contributed by atoms with Crippen molar-refractivity contribution in [2.75, 3.05) is 12.4 Å². The number of carbonyl (C=O) groups is 2. The molecule has 1 aliphatic carbocycles. The van der Waals surface area contributed by atoms with E-state index in [0.29, 0.717) is 0 Å². The predicted octanol–water partition coefficient (Wildman–Crippen LogP) is 0.905. The van der Waals surface area contributed by atoms with Gasteiger partial charge in [-0.05, 0) is 12.8 Å². The smallest absolute Gasteiger partial charge is 0.412 e. The molecule has 1 saturated carbocycles. The van der Waals surface area contributed by atoms with Crippen molar-refractivity contribution in [2.24, 2.45) is 0 Å². The third-order valence-electron chi connectivity index (χ3n) is 3.21. The van der Waals surface area contributed by atoms with E-state index in [9.17, 15) is 9.59 Å². The molecule has 8 heteroatoms. The number of rotatable bonds is 4. The molecule has 110 valence electrons. The summed E-state index contributed by atoms with van der Waals surface area (Å²) >= 11 is 0. The molecule has 20 heavy (non-hydrogen) atoms. The van der Waals surface area contributed by atoms with E-state index in [1.165, 1.54) is 24.5 Å². The number of hydrogen-bond donors (Lipinski definition) is 2. The SMILES string of the molecule is COC(=O)Nc1cnn(CC(=O)NC2CCCCC2)n1. The van der Waals surface area contributed by atoms with Crippen LogP contribution < -0.4 is 10.6 Å². The lowest BCUT2D eigenvalue weighted by atomic mass is 9.95. The zero-order valence-electron chi connectivity index (χ0n) is 11.5. The van der Waals surface area contributed by atoms with Crippen molar-refractivity contribution in [3.05, 3.63) is 6.20 Å².